The topological polar surface area (TPSA) is 64.3 Å². The van der Waals surface area contributed by atoms with E-state index in [9.17, 15) is 15.2 Å². The number of carbonyl (C=O) groups is 1. The van der Waals surface area contributed by atoms with E-state index >= 15 is 0 Å². The highest BCUT2D eigenvalue weighted by molar-refractivity contribution is 5.85. The van der Waals surface area contributed by atoms with Crippen LogP contribution < -0.4 is 0 Å². The first-order valence-electron chi connectivity index (χ1n) is 7.39. The zero-order chi connectivity index (χ0) is 14.5. The van der Waals surface area contributed by atoms with Crippen molar-refractivity contribution >= 4 is 5.91 Å². The Morgan fingerprint density at radius 2 is 2.00 bits per heavy atom. The molecular formula is C15H26N2O2. The minimum Gasteiger partial charge on any atom is -0.393 e. The summed E-state index contributed by atoms with van der Waals surface area (Å²) in [5.41, 5.74) is -0.856. The monoisotopic (exact) mass is 266 g/mol. The molecule has 1 N–H and O–H groups in total. The molecular weight excluding hydrogens is 240 g/mol. The molecule has 108 valence electrons. The summed E-state index contributed by atoms with van der Waals surface area (Å²) in [5.74, 6) is 0.0646. The number of aliphatic hydroxyl groups excluding tert-OH is 1. The number of likely N-dealkylation sites (tertiary alicyclic amines) is 1. The number of rotatable bonds is 5. The van der Waals surface area contributed by atoms with E-state index in [-0.39, 0.29) is 17.9 Å². The lowest BCUT2D eigenvalue weighted by molar-refractivity contribution is -0.143. The summed E-state index contributed by atoms with van der Waals surface area (Å²) in [6.45, 7) is 7.12. The molecule has 2 unspecified atom stereocenters. The van der Waals surface area contributed by atoms with Gasteiger partial charge in [-0.15, -0.1) is 0 Å². The summed E-state index contributed by atoms with van der Waals surface area (Å²) in [6, 6.07) is 2.29. The maximum absolute atomic E-state index is 12.7. The quantitative estimate of drug-likeness (QED) is 0.830. The third-order valence-corrected chi connectivity index (χ3v) is 4.12. The summed E-state index contributed by atoms with van der Waals surface area (Å²) >= 11 is 0. The van der Waals surface area contributed by atoms with Crippen LogP contribution in [-0.2, 0) is 4.79 Å². The van der Waals surface area contributed by atoms with E-state index in [0.717, 1.165) is 12.8 Å². The Hall–Kier alpha value is -1.08. The molecule has 1 amide bonds. The molecule has 1 fully saturated rings. The second-order valence-electron chi connectivity index (χ2n) is 5.78. The molecule has 4 nitrogen and oxygen atoms in total. The number of amides is 1. The average molecular weight is 266 g/mol. The van der Waals surface area contributed by atoms with Gasteiger partial charge in [-0.1, -0.05) is 33.6 Å². The molecule has 0 aromatic rings. The summed E-state index contributed by atoms with van der Waals surface area (Å²) in [4.78, 5) is 14.5. The van der Waals surface area contributed by atoms with Crippen LogP contribution in [0.4, 0.5) is 0 Å². The van der Waals surface area contributed by atoms with Crippen LogP contribution in [0.15, 0.2) is 0 Å². The Labute approximate surface area is 116 Å². The molecule has 4 heteroatoms. The van der Waals surface area contributed by atoms with Gasteiger partial charge < -0.3 is 10.0 Å². The maximum Gasteiger partial charge on any atom is 0.243 e. The van der Waals surface area contributed by atoms with E-state index in [1.54, 1.807) is 4.90 Å². The third kappa shape index (κ3) is 3.48. The van der Waals surface area contributed by atoms with Gasteiger partial charge >= 0.3 is 0 Å². The predicted octanol–water partition coefficient (Wildman–Crippen LogP) is 2.33. The van der Waals surface area contributed by atoms with Crippen molar-refractivity contribution in [3.63, 3.8) is 0 Å². The number of hydrogen-bond donors (Lipinski definition) is 1. The van der Waals surface area contributed by atoms with Crippen molar-refractivity contribution in [3.8, 4) is 6.07 Å². The van der Waals surface area contributed by atoms with Gasteiger partial charge in [-0.2, -0.15) is 5.26 Å². The fourth-order valence-corrected chi connectivity index (χ4v) is 2.97. The highest BCUT2D eigenvalue weighted by Crippen LogP contribution is 2.33. The second-order valence-corrected chi connectivity index (χ2v) is 5.78. The van der Waals surface area contributed by atoms with Gasteiger partial charge in [0.15, 0.2) is 0 Å². The minimum atomic E-state index is -0.856. The van der Waals surface area contributed by atoms with Crippen molar-refractivity contribution in [2.24, 2.45) is 11.3 Å². The molecule has 0 radical (unpaired) electrons. The van der Waals surface area contributed by atoms with Crippen molar-refractivity contribution in [1.82, 2.24) is 4.90 Å². The minimum absolute atomic E-state index is 0.0301. The largest absolute Gasteiger partial charge is 0.393 e. The van der Waals surface area contributed by atoms with Crippen LogP contribution >= 0.6 is 0 Å². The van der Waals surface area contributed by atoms with Gasteiger partial charge in [0, 0.05) is 13.1 Å². The van der Waals surface area contributed by atoms with Gasteiger partial charge in [-0.25, -0.2) is 0 Å². The molecule has 1 aliphatic heterocycles. The molecule has 0 spiro atoms. The Kier molecular flexibility index (Phi) is 5.81. The first kappa shape index (κ1) is 16.0. The predicted molar refractivity (Wildman–Crippen MR) is 74.2 cm³/mol. The summed E-state index contributed by atoms with van der Waals surface area (Å²) < 4.78 is 0. The van der Waals surface area contributed by atoms with Crippen molar-refractivity contribution < 1.29 is 9.90 Å². The molecule has 19 heavy (non-hydrogen) atoms. The second kappa shape index (κ2) is 6.91. The first-order valence-corrected chi connectivity index (χ1v) is 7.39. The van der Waals surface area contributed by atoms with Crippen molar-refractivity contribution in [3.05, 3.63) is 0 Å². The molecule has 0 aliphatic carbocycles. The Bertz CT molecular complexity index is 343. The number of nitriles is 1. The van der Waals surface area contributed by atoms with Gasteiger partial charge in [-0.05, 0) is 25.2 Å². The number of piperidine rings is 1. The van der Waals surface area contributed by atoms with Crippen LogP contribution in [0.3, 0.4) is 0 Å². The van der Waals surface area contributed by atoms with Crippen LogP contribution in [0.25, 0.3) is 0 Å². The summed E-state index contributed by atoms with van der Waals surface area (Å²) in [7, 11) is 0. The standard InChI is InChI=1S/C15H26N2O2/c1-4-7-15(11-16,8-5-2)14(19)17-9-6-13(18)12(3)10-17/h12-13,18H,4-10H2,1-3H3. The summed E-state index contributed by atoms with van der Waals surface area (Å²) in [6.07, 6.45) is 3.23. The number of aliphatic hydroxyl groups is 1. The van der Waals surface area contributed by atoms with Crippen molar-refractivity contribution in [2.75, 3.05) is 13.1 Å². The molecule has 0 bridgehead atoms. The van der Waals surface area contributed by atoms with E-state index in [0.29, 0.717) is 32.4 Å². The lowest BCUT2D eigenvalue weighted by atomic mass is 9.78. The van der Waals surface area contributed by atoms with Crippen LogP contribution in [-0.4, -0.2) is 35.1 Å². The van der Waals surface area contributed by atoms with E-state index in [1.165, 1.54) is 0 Å². The Balaban J connectivity index is 2.85. The fraction of sp³-hybridized carbons (Fsp3) is 0.867. The van der Waals surface area contributed by atoms with Gasteiger partial charge in [0.05, 0.1) is 12.2 Å². The zero-order valence-electron chi connectivity index (χ0n) is 12.4. The smallest absolute Gasteiger partial charge is 0.243 e. The Morgan fingerprint density at radius 1 is 1.42 bits per heavy atom. The molecule has 0 aromatic heterocycles. The number of carbonyl (C=O) groups excluding carboxylic acids is 1. The number of hydrogen-bond acceptors (Lipinski definition) is 3. The highest BCUT2D eigenvalue weighted by Gasteiger charge is 2.41. The molecule has 0 aromatic carbocycles. The normalized spacial score (nSPS) is 24.1. The Morgan fingerprint density at radius 3 is 2.42 bits per heavy atom. The van der Waals surface area contributed by atoms with Crippen LogP contribution in [0, 0.1) is 22.7 Å². The molecule has 1 rings (SSSR count). The molecule has 2 atom stereocenters. The van der Waals surface area contributed by atoms with Crippen molar-refractivity contribution in [2.45, 2.75) is 59.0 Å². The van der Waals surface area contributed by atoms with Crippen LogP contribution in [0.1, 0.15) is 52.9 Å². The van der Waals surface area contributed by atoms with Gasteiger partial charge in [0.2, 0.25) is 5.91 Å². The first-order chi connectivity index (χ1) is 9.00. The number of nitrogens with zero attached hydrogens (tertiary/aromatic N) is 2. The highest BCUT2D eigenvalue weighted by atomic mass is 16.3. The lowest BCUT2D eigenvalue weighted by Crippen LogP contribution is -2.50. The van der Waals surface area contributed by atoms with Gasteiger partial charge in [-0.3, -0.25) is 4.79 Å². The zero-order valence-corrected chi connectivity index (χ0v) is 12.4. The SMILES string of the molecule is CCCC(C#N)(CCC)C(=O)N1CCC(O)C(C)C1. The van der Waals surface area contributed by atoms with E-state index < -0.39 is 5.41 Å². The van der Waals surface area contributed by atoms with Crippen LogP contribution in [0.2, 0.25) is 0 Å². The van der Waals surface area contributed by atoms with Crippen LogP contribution in [0.5, 0.6) is 0 Å². The summed E-state index contributed by atoms with van der Waals surface area (Å²) in [5, 5.41) is 19.3. The van der Waals surface area contributed by atoms with E-state index in [1.807, 2.05) is 20.8 Å². The average Bonchev–Trinajstić information content (AvgIpc) is 2.40. The van der Waals surface area contributed by atoms with E-state index in [2.05, 4.69) is 6.07 Å². The molecule has 1 saturated heterocycles. The van der Waals surface area contributed by atoms with E-state index in [4.69, 9.17) is 0 Å². The fourth-order valence-electron chi connectivity index (χ4n) is 2.97. The third-order valence-electron chi connectivity index (χ3n) is 4.12. The molecule has 1 aliphatic rings. The molecule has 0 saturated carbocycles. The lowest BCUT2D eigenvalue weighted by Gasteiger charge is -2.38. The van der Waals surface area contributed by atoms with Gasteiger partial charge in [0.1, 0.15) is 5.41 Å². The van der Waals surface area contributed by atoms with Gasteiger partial charge in [0.25, 0.3) is 0 Å². The maximum atomic E-state index is 12.7. The van der Waals surface area contributed by atoms with Crippen molar-refractivity contribution in [1.29, 1.82) is 5.26 Å². The molecule has 1 heterocycles.